The van der Waals surface area contributed by atoms with E-state index in [-0.39, 0.29) is 39.5 Å². The minimum atomic E-state index is -5.27. The molecule has 2 aromatic heterocycles. The van der Waals surface area contributed by atoms with Crippen molar-refractivity contribution in [2.75, 3.05) is 30.7 Å². The summed E-state index contributed by atoms with van der Waals surface area (Å²) >= 11 is 0. The summed E-state index contributed by atoms with van der Waals surface area (Å²) in [5.41, 5.74) is 4.50. The van der Waals surface area contributed by atoms with Gasteiger partial charge in [-0.3, -0.25) is 4.79 Å². The molecular formula is C31H35F5N6O3. The Hall–Kier alpha value is -3.94. The van der Waals surface area contributed by atoms with Crippen molar-refractivity contribution in [3.05, 3.63) is 35.0 Å². The summed E-state index contributed by atoms with van der Waals surface area (Å²) in [7, 11) is 0. The van der Waals surface area contributed by atoms with Gasteiger partial charge in [0.15, 0.2) is 17.4 Å². The van der Waals surface area contributed by atoms with E-state index in [0.717, 1.165) is 12.5 Å². The van der Waals surface area contributed by atoms with Gasteiger partial charge < -0.3 is 30.7 Å². The van der Waals surface area contributed by atoms with Crippen LogP contribution in [0.25, 0.3) is 22.0 Å². The molecule has 4 N–H and O–H groups in total. The predicted octanol–water partition coefficient (Wildman–Crippen LogP) is 5.61. The van der Waals surface area contributed by atoms with Crippen molar-refractivity contribution in [3.8, 4) is 22.9 Å². The average molecular weight is 635 g/mol. The van der Waals surface area contributed by atoms with Gasteiger partial charge in [0.25, 0.3) is 0 Å². The van der Waals surface area contributed by atoms with Crippen molar-refractivity contribution < 1.29 is 36.2 Å². The molecule has 2 atom stereocenters. The zero-order valence-electron chi connectivity index (χ0n) is 25.6. The molecule has 0 radical (unpaired) electrons. The molecular weight excluding hydrogens is 599 g/mol. The van der Waals surface area contributed by atoms with Crippen LogP contribution >= 0.6 is 0 Å². The number of carbonyl (C=O) groups excluding carboxylic acids is 1. The van der Waals surface area contributed by atoms with Crippen LogP contribution in [-0.4, -0.2) is 64.5 Å². The zero-order valence-corrected chi connectivity index (χ0v) is 25.6. The number of aryl methyl sites for hydroxylation is 2. The molecule has 9 nitrogen and oxygen atoms in total. The fourth-order valence-corrected chi connectivity index (χ4v) is 6.48. The highest BCUT2D eigenvalue weighted by Gasteiger charge is 2.50. The maximum absolute atomic E-state index is 16.4. The van der Waals surface area contributed by atoms with Crippen molar-refractivity contribution >= 4 is 28.2 Å². The monoisotopic (exact) mass is 634 g/mol. The molecule has 2 aliphatic heterocycles. The Kier molecular flexibility index (Phi) is 7.29. The molecule has 2 unspecified atom stereocenters. The number of carbonyl (C=O) groups is 1. The first-order valence-electron chi connectivity index (χ1n) is 14.8. The van der Waals surface area contributed by atoms with Crippen LogP contribution in [0.1, 0.15) is 51.3 Å². The van der Waals surface area contributed by atoms with Gasteiger partial charge in [0, 0.05) is 42.5 Å². The van der Waals surface area contributed by atoms with E-state index in [2.05, 4.69) is 39.2 Å². The maximum Gasteiger partial charge on any atom is 0.573 e. The Morgan fingerprint density at radius 3 is 2.47 bits per heavy atom. The summed E-state index contributed by atoms with van der Waals surface area (Å²) in [4.78, 5) is 24.3. The van der Waals surface area contributed by atoms with Crippen molar-refractivity contribution in [1.82, 2.24) is 20.2 Å². The predicted molar refractivity (Wildman–Crippen MR) is 158 cm³/mol. The van der Waals surface area contributed by atoms with E-state index < -0.39 is 52.7 Å². The lowest BCUT2D eigenvalue weighted by atomic mass is 9.73. The molecule has 1 aromatic carbocycles. The number of nitrogens with zero attached hydrogens (tertiary/aromatic N) is 3. The SMILES string of the molecule is Cc1nc2c3c(nc(-c4cc(N)cc(F)c4OC(F)(F)F)c(F)c3c1C)OC(C)C(CNC1(C(=O)N3CC(C)(C)C3)CCC1)N2. The van der Waals surface area contributed by atoms with Crippen LogP contribution < -0.4 is 25.8 Å². The van der Waals surface area contributed by atoms with Gasteiger partial charge in [-0.15, -0.1) is 13.2 Å². The van der Waals surface area contributed by atoms with Gasteiger partial charge in [0.2, 0.25) is 11.8 Å². The smallest absolute Gasteiger partial charge is 0.472 e. The standard InChI is InChI=1S/C31H35F5N6O3/c1-14-15(2)39-26-22-21(14)23(33)24(18-9-17(37)10-19(32)25(18)45-31(34,35)36)41-27(22)44-16(3)20(40-26)11-38-30(7-6-8-30)28(43)42-12-29(4,5)13-42/h9-10,16,20,38H,6-8,11-13,37H2,1-5H3,(H,39,40). The number of nitrogens with one attached hydrogen (secondary N) is 2. The number of benzene rings is 1. The van der Waals surface area contributed by atoms with Crippen molar-refractivity contribution in [3.63, 3.8) is 0 Å². The van der Waals surface area contributed by atoms with Crippen LogP contribution in [0.15, 0.2) is 12.1 Å². The summed E-state index contributed by atoms with van der Waals surface area (Å²) < 4.78 is 81.2. The van der Waals surface area contributed by atoms with Gasteiger partial charge in [-0.2, -0.15) is 0 Å². The van der Waals surface area contributed by atoms with Crippen LogP contribution in [0.5, 0.6) is 11.6 Å². The van der Waals surface area contributed by atoms with Crippen LogP contribution in [0.4, 0.5) is 33.5 Å². The molecule has 45 heavy (non-hydrogen) atoms. The third-order valence-electron chi connectivity index (χ3n) is 9.07. The van der Waals surface area contributed by atoms with Gasteiger partial charge >= 0.3 is 6.36 Å². The number of anilines is 2. The second-order valence-electron chi connectivity index (χ2n) is 13.1. The number of hydrogen-bond acceptors (Lipinski definition) is 8. The Morgan fingerprint density at radius 2 is 1.87 bits per heavy atom. The van der Waals surface area contributed by atoms with Crippen LogP contribution in [0.2, 0.25) is 0 Å². The van der Waals surface area contributed by atoms with Gasteiger partial charge in [-0.25, -0.2) is 18.7 Å². The van der Waals surface area contributed by atoms with Gasteiger partial charge in [-0.05, 0) is 57.1 Å². The summed E-state index contributed by atoms with van der Waals surface area (Å²) in [6.07, 6.45) is -3.57. The highest BCUT2D eigenvalue weighted by Crippen LogP contribution is 2.45. The van der Waals surface area contributed by atoms with E-state index in [1.54, 1.807) is 20.8 Å². The molecule has 14 heteroatoms. The summed E-state index contributed by atoms with van der Waals surface area (Å²) in [5.74, 6) is -3.47. The number of aromatic nitrogens is 2. The molecule has 0 bridgehead atoms. The molecule has 4 heterocycles. The number of pyridine rings is 2. The van der Waals surface area contributed by atoms with Gasteiger partial charge in [-0.1, -0.05) is 13.8 Å². The van der Waals surface area contributed by atoms with E-state index >= 15 is 4.39 Å². The summed E-state index contributed by atoms with van der Waals surface area (Å²) in [6.45, 7) is 11.0. The zero-order chi connectivity index (χ0) is 32.6. The average Bonchev–Trinajstić information content (AvgIpc) is 3.02. The third-order valence-corrected chi connectivity index (χ3v) is 9.07. The number of nitrogens with two attached hydrogens (primary N) is 1. The maximum atomic E-state index is 16.4. The van der Waals surface area contributed by atoms with E-state index in [4.69, 9.17) is 10.5 Å². The van der Waals surface area contributed by atoms with Gasteiger partial charge in [0.1, 0.15) is 17.6 Å². The first-order chi connectivity index (χ1) is 21.0. The lowest BCUT2D eigenvalue weighted by molar-refractivity contribution is -0.275. The van der Waals surface area contributed by atoms with Crippen molar-refractivity contribution in [2.45, 2.75) is 77.9 Å². The normalized spacial score (nSPS) is 21.7. The number of amides is 1. The van der Waals surface area contributed by atoms with Gasteiger partial charge in [0.05, 0.1) is 22.5 Å². The molecule has 0 spiro atoms. The largest absolute Gasteiger partial charge is 0.573 e. The number of alkyl halides is 3. The van der Waals surface area contributed by atoms with Crippen LogP contribution in [0, 0.1) is 30.9 Å². The van der Waals surface area contributed by atoms with E-state index in [1.807, 2.05) is 4.90 Å². The number of hydrogen-bond donors (Lipinski definition) is 3. The van der Waals surface area contributed by atoms with Crippen molar-refractivity contribution in [2.24, 2.45) is 5.41 Å². The van der Waals surface area contributed by atoms with E-state index in [0.29, 0.717) is 49.8 Å². The highest BCUT2D eigenvalue weighted by atomic mass is 19.4. The second-order valence-corrected chi connectivity index (χ2v) is 13.1. The van der Waals surface area contributed by atoms with E-state index in [9.17, 15) is 22.4 Å². The highest BCUT2D eigenvalue weighted by molar-refractivity contribution is 6.01. The molecule has 1 saturated heterocycles. The Morgan fingerprint density at radius 1 is 1.18 bits per heavy atom. The van der Waals surface area contributed by atoms with Crippen LogP contribution in [-0.2, 0) is 4.79 Å². The minimum Gasteiger partial charge on any atom is -0.472 e. The Bertz CT molecular complexity index is 1700. The number of ether oxygens (including phenoxy) is 2. The molecule has 1 saturated carbocycles. The molecule has 242 valence electrons. The molecule has 2 fully saturated rings. The number of halogens is 5. The molecule has 6 rings (SSSR count). The Balaban J connectivity index is 1.38. The van der Waals surface area contributed by atoms with Crippen molar-refractivity contribution in [1.29, 1.82) is 0 Å². The molecule has 3 aliphatic rings. The second kappa shape index (κ2) is 10.6. The Labute approximate surface area is 256 Å². The quantitative estimate of drug-likeness (QED) is 0.237. The fourth-order valence-electron chi connectivity index (χ4n) is 6.48. The number of likely N-dealkylation sites (tertiary alicyclic amines) is 1. The summed E-state index contributed by atoms with van der Waals surface area (Å²) in [5, 5.41) is 7.00. The fraction of sp³-hybridized carbons (Fsp3) is 0.516. The lowest BCUT2D eigenvalue weighted by Crippen LogP contribution is -2.68. The molecule has 1 aliphatic carbocycles. The lowest BCUT2D eigenvalue weighted by Gasteiger charge is -2.52. The third kappa shape index (κ3) is 5.46. The van der Waals surface area contributed by atoms with E-state index in [1.165, 1.54) is 0 Å². The van der Waals surface area contributed by atoms with Crippen LogP contribution in [0.3, 0.4) is 0 Å². The first-order valence-corrected chi connectivity index (χ1v) is 14.8. The number of rotatable bonds is 6. The first kappa shape index (κ1) is 31.1. The molecule has 1 amide bonds. The minimum absolute atomic E-state index is 0.00219. The summed E-state index contributed by atoms with van der Waals surface area (Å²) in [6, 6.07) is 1.16. The molecule has 3 aromatic rings. The number of nitrogen functional groups attached to an aromatic ring is 1. The topological polar surface area (TPSA) is 115 Å².